The lowest BCUT2D eigenvalue weighted by molar-refractivity contribution is 0.423. The van der Waals surface area contributed by atoms with Crippen LogP contribution in [0, 0.1) is 0 Å². The molecular weight excluding hydrogens is 314 g/mol. The molecule has 0 fully saturated rings. The smallest absolute Gasteiger partial charge is 0.128 e. The van der Waals surface area contributed by atoms with Crippen LogP contribution in [0.1, 0.15) is 26.3 Å². The van der Waals surface area contributed by atoms with Crippen LogP contribution in [0.3, 0.4) is 0 Å². The second-order valence-electron chi connectivity index (χ2n) is 5.77. The fourth-order valence-electron chi connectivity index (χ4n) is 1.72. The summed E-state index contributed by atoms with van der Waals surface area (Å²) in [7, 11) is 0. The van der Waals surface area contributed by atoms with E-state index in [9.17, 15) is 0 Å². The minimum Gasteiger partial charge on any atom is -0.457 e. The van der Waals surface area contributed by atoms with Gasteiger partial charge in [-0.15, -0.1) is 0 Å². The van der Waals surface area contributed by atoms with Crippen molar-refractivity contribution in [3.8, 4) is 11.5 Å². The van der Waals surface area contributed by atoms with Gasteiger partial charge in [0.2, 0.25) is 0 Å². The average molecular weight is 334 g/mol. The fourth-order valence-corrected chi connectivity index (χ4v) is 2.22. The molecule has 0 amide bonds. The molecule has 0 aliphatic carbocycles. The highest BCUT2D eigenvalue weighted by Crippen LogP contribution is 2.27. The molecule has 0 radical (unpaired) electrons. The molecule has 20 heavy (non-hydrogen) atoms. The highest BCUT2D eigenvalue weighted by atomic mass is 79.9. The third kappa shape index (κ3) is 4.66. The van der Waals surface area contributed by atoms with Crippen molar-refractivity contribution in [2.75, 3.05) is 0 Å². The fraction of sp³-hybridized carbons (Fsp3) is 0.294. The summed E-state index contributed by atoms with van der Waals surface area (Å²) in [6, 6.07) is 15.9. The Hall–Kier alpha value is -1.32. The van der Waals surface area contributed by atoms with Gasteiger partial charge in [0.05, 0.1) is 0 Å². The van der Waals surface area contributed by atoms with E-state index in [2.05, 4.69) is 48.1 Å². The standard InChI is InChI=1S/C17H20BrNO/c1-17(2,3)19-12-13-9-10-15(11-16(13)18)20-14-7-5-4-6-8-14/h4-11,19H,12H2,1-3H3. The van der Waals surface area contributed by atoms with E-state index in [1.54, 1.807) is 0 Å². The van der Waals surface area contributed by atoms with Gasteiger partial charge >= 0.3 is 0 Å². The monoisotopic (exact) mass is 333 g/mol. The van der Waals surface area contributed by atoms with Crippen molar-refractivity contribution in [1.29, 1.82) is 0 Å². The number of nitrogens with one attached hydrogen (secondary N) is 1. The summed E-state index contributed by atoms with van der Waals surface area (Å²) >= 11 is 3.61. The molecule has 3 heteroatoms. The van der Waals surface area contributed by atoms with Crippen LogP contribution >= 0.6 is 15.9 Å². The number of hydrogen-bond donors (Lipinski definition) is 1. The van der Waals surface area contributed by atoms with Crippen LogP contribution in [0.25, 0.3) is 0 Å². The number of rotatable bonds is 4. The van der Waals surface area contributed by atoms with Gasteiger partial charge in [-0.25, -0.2) is 0 Å². The topological polar surface area (TPSA) is 21.3 Å². The molecule has 0 aliphatic rings. The lowest BCUT2D eigenvalue weighted by Gasteiger charge is -2.21. The number of ether oxygens (including phenoxy) is 1. The van der Waals surface area contributed by atoms with Gasteiger partial charge in [-0.3, -0.25) is 0 Å². The van der Waals surface area contributed by atoms with Crippen molar-refractivity contribution in [3.63, 3.8) is 0 Å². The van der Waals surface area contributed by atoms with Crippen LogP contribution in [0.15, 0.2) is 53.0 Å². The SMILES string of the molecule is CC(C)(C)NCc1ccc(Oc2ccccc2)cc1Br. The molecule has 0 bridgehead atoms. The molecule has 1 N–H and O–H groups in total. The zero-order valence-electron chi connectivity index (χ0n) is 12.1. The molecule has 2 rings (SSSR count). The molecule has 2 aromatic rings. The molecule has 0 saturated carbocycles. The van der Waals surface area contributed by atoms with Crippen LogP contribution in [0.5, 0.6) is 11.5 Å². The minimum absolute atomic E-state index is 0.110. The maximum absolute atomic E-state index is 5.81. The minimum atomic E-state index is 0.110. The van der Waals surface area contributed by atoms with Gasteiger partial charge in [0.1, 0.15) is 11.5 Å². The molecule has 106 valence electrons. The molecule has 0 aliphatic heterocycles. The number of para-hydroxylation sites is 1. The van der Waals surface area contributed by atoms with E-state index >= 15 is 0 Å². The van der Waals surface area contributed by atoms with Crippen molar-refractivity contribution in [1.82, 2.24) is 5.32 Å². The largest absolute Gasteiger partial charge is 0.457 e. The summed E-state index contributed by atoms with van der Waals surface area (Å²) in [5, 5.41) is 3.48. The summed E-state index contributed by atoms with van der Waals surface area (Å²) in [4.78, 5) is 0. The van der Waals surface area contributed by atoms with Crippen LogP contribution in [-0.2, 0) is 6.54 Å². The van der Waals surface area contributed by atoms with Crippen molar-refractivity contribution >= 4 is 15.9 Å². The van der Waals surface area contributed by atoms with Crippen LogP contribution in [-0.4, -0.2) is 5.54 Å². The van der Waals surface area contributed by atoms with Gasteiger partial charge in [-0.05, 0) is 50.6 Å². The predicted octanol–water partition coefficient (Wildman–Crippen LogP) is 5.13. The lowest BCUT2D eigenvalue weighted by atomic mass is 10.1. The lowest BCUT2D eigenvalue weighted by Crippen LogP contribution is -2.35. The Morgan fingerprint density at radius 3 is 2.30 bits per heavy atom. The van der Waals surface area contributed by atoms with E-state index in [1.807, 2.05) is 42.5 Å². The van der Waals surface area contributed by atoms with E-state index in [4.69, 9.17) is 4.74 Å². The van der Waals surface area contributed by atoms with E-state index in [-0.39, 0.29) is 5.54 Å². The molecule has 0 unspecified atom stereocenters. The summed E-state index contributed by atoms with van der Waals surface area (Å²) in [5.74, 6) is 1.68. The van der Waals surface area contributed by atoms with E-state index < -0.39 is 0 Å². The Labute approximate surface area is 129 Å². The normalized spacial score (nSPS) is 11.4. The van der Waals surface area contributed by atoms with Gasteiger partial charge in [0.15, 0.2) is 0 Å². The van der Waals surface area contributed by atoms with Crippen LogP contribution in [0.4, 0.5) is 0 Å². The molecule has 0 atom stereocenters. The summed E-state index contributed by atoms with van der Waals surface area (Å²) < 4.78 is 6.87. The molecule has 0 saturated heterocycles. The second kappa shape index (κ2) is 6.42. The van der Waals surface area contributed by atoms with Gasteiger partial charge in [0.25, 0.3) is 0 Å². The van der Waals surface area contributed by atoms with Crippen molar-refractivity contribution in [3.05, 3.63) is 58.6 Å². The summed E-state index contributed by atoms with van der Waals surface area (Å²) in [5.41, 5.74) is 1.33. The number of benzene rings is 2. The number of hydrogen-bond acceptors (Lipinski definition) is 2. The Kier molecular flexibility index (Phi) is 4.84. The van der Waals surface area contributed by atoms with Crippen molar-refractivity contribution < 1.29 is 4.74 Å². The van der Waals surface area contributed by atoms with Crippen LogP contribution in [0.2, 0.25) is 0 Å². The maximum Gasteiger partial charge on any atom is 0.128 e. The first-order valence-electron chi connectivity index (χ1n) is 6.70. The molecule has 0 spiro atoms. The molecule has 0 heterocycles. The van der Waals surface area contributed by atoms with E-state index in [1.165, 1.54) is 5.56 Å². The summed E-state index contributed by atoms with van der Waals surface area (Å²) in [6.45, 7) is 7.31. The van der Waals surface area contributed by atoms with E-state index in [0.717, 1.165) is 22.5 Å². The van der Waals surface area contributed by atoms with E-state index in [0.29, 0.717) is 0 Å². The first-order valence-corrected chi connectivity index (χ1v) is 7.50. The van der Waals surface area contributed by atoms with Gasteiger partial charge in [-0.2, -0.15) is 0 Å². The average Bonchev–Trinajstić information content (AvgIpc) is 2.38. The number of halogens is 1. The molecule has 2 aromatic carbocycles. The quantitative estimate of drug-likeness (QED) is 0.837. The molecule has 2 nitrogen and oxygen atoms in total. The Bertz CT molecular complexity index is 561. The third-order valence-corrected chi connectivity index (χ3v) is 3.55. The maximum atomic E-state index is 5.81. The zero-order chi connectivity index (χ0) is 14.6. The second-order valence-corrected chi connectivity index (χ2v) is 6.63. The molecular formula is C17H20BrNO. The highest BCUT2D eigenvalue weighted by molar-refractivity contribution is 9.10. The Morgan fingerprint density at radius 2 is 1.70 bits per heavy atom. The van der Waals surface area contributed by atoms with Crippen molar-refractivity contribution in [2.45, 2.75) is 32.9 Å². The first kappa shape index (κ1) is 15.1. The highest BCUT2D eigenvalue weighted by Gasteiger charge is 2.10. The van der Waals surface area contributed by atoms with Gasteiger partial charge in [0, 0.05) is 16.6 Å². The zero-order valence-corrected chi connectivity index (χ0v) is 13.7. The summed E-state index contributed by atoms with van der Waals surface area (Å²) in [6.07, 6.45) is 0. The van der Waals surface area contributed by atoms with Gasteiger partial charge < -0.3 is 10.1 Å². The third-order valence-electron chi connectivity index (χ3n) is 2.81. The van der Waals surface area contributed by atoms with Gasteiger partial charge in [-0.1, -0.05) is 40.2 Å². The Balaban J connectivity index is 2.06. The molecule has 0 aromatic heterocycles. The van der Waals surface area contributed by atoms with Crippen LogP contribution < -0.4 is 10.1 Å². The predicted molar refractivity (Wildman–Crippen MR) is 87.3 cm³/mol. The first-order chi connectivity index (χ1) is 9.44. The Morgan fingerprint density at radius 1 is 1.00 bits per heavy atom. The van der Waals surface area contributed by atoms with Crippen molar-refractivity contribution in [2.24, 2.45) is 0 Å².